The maximum Gasteiger partial charge on any atom is 0.131 e. The average Bonchev–Trinajstić information content (AvgIpc) is 2.90. The second kappa shape index (κ2) is 6.44. The van der Waals surface area contributed by atoms with Crippen LogP contribution in [0.4, 0.5) is 5.82 Å². The van der Waals surface area contributed by atoms with Crippen molar-refractivity contribution in [1.29, 1.82) is 0 Å². The van der Waals surface area contributed by atoms with Crippen LogP contribution in [-0.4, -0.2) is 29.0 Å². The molecule has 1 aliphatic heterocycles. The highest BCUT2D eigenvalue weighted by Crippen LogP contribution is 2.25. The maximum absolute atomic E-state index is 4.84. The maximum atomic E-state index is 4.84. The van der Waals surface area contributed by atoms with Gasteiger partial charge in [0.2, 0.25) is 0 Å². The van der Waals surface area contributed by atoms with Crippen LogP contribution in [0.1, 0.15) is 38.7 Å². The van der Waals surface area contributed by atoms with E-state index in [-0.39, 0.29) is 0 Å². The number of anilines is 1. The van der Waals surface area contributed by atoms with E-state index >= 15 is 0 Å². The largest absolute Gasteiger partial charge is 0.370 e. The molecule has 2 heterocycles. The van der Waals surface area contributed by atoms with E-state index in [4.69, 9.17) is 4.98 Å². The van der Waals surface area contributed by atoms with Crippen LogP contribution < -0.4 is 5.32 Å². The van der Waals surface area contributed by atoms with E-state index in [1.807, 2.05) is 0 Å². The van der Waals surface area contributed by atoms with Gasteiger partial charge in [0.05, 0.1) is 5.52 Å². The number of rotatable bonds is 5. The number of pyridine rings is 1. The van der Waals surface area contributed by atoms with Crippen LogP contribution in [0.2, 0.25) is 0 Å². The Hall–Kier alpha value is -1.61. The summed E-state index contributed by atoms with van der Waals surface area (Å²) < 4.78 is 0. The van der Waals surface area contributed by atoms with Gasteiger partial charge in [0.25, 0.3) is 0 Å². The van der Waals surface area contributed by atoms with Gasteiger partial charge in [0.15, 0.2) is 0 Å². The molecule has 0 aliphatic carbocycles. The minimum atomic E-state index is 0.690. The van der Waals surface area contributed by atoms with Crippen molar-refractivity contribution in [2.24, 2.45) is 0 Å². The molecule has 2 aromatic rings. The minimum Gasteiger partial charge on any atom is -0.370 e. The number of fused-ring (bicyclic) bond motifs is 1. The van der Waals surface area contributed by atoms with Crippen LogP contribution in [0.25, 0.3) is 10.9 Å². The first-order valence-corrected chi connectivity index (χ1v) is 8.14. The Kier molecular flexibility index (Phi) is 4.39. The summed E-state index contributed by atoms with van der Waals surface area (Å²) in [6, 6.07) is 11.4. The molecule has 1 saturated heterocycles. The summed E-state index contributed by atoms with van der Waals surface area (Å²) in [7, 11) is 0. The lowest BCUT2D eigenvalue weighted by molar-refractivity contribution is 0.260. The highest BCUT2D eigenvalue weighted by molar-refractivity contribution is 5.81. The van der Waals surface area contributed by atoms with Gasteiger partial charge in [-0.1, -0.05) is 25.1 Å². The Morgan fingerprint density at radius 2 is 2.19 bits per heavy atom. The Bertz CT molecular complexity index is 608. The first kappa shape index (κ1) is 14.3. The highest BCUT2D eigenvalue weighted by atomic mass is 15.2. The average molecular weight is 283 g/mol. The zero-order valence-corrected chi connectivity index (χ0v) is 13.1. The van der Waals surface area contributed by atoms with Crippen molar-refractivity contribution in [2.75, 3.05) is 18.4 Å². The lowest BCUT2D eigenvalue weighted by Crippen LogP contribution is -2.26. The number of nitrogens with zero attached hydrogens (tertiary/aromatic N) is 2. The molecule has 1 N–H and O–H groups in total. The van der Waals surface area contributed by atoms with Crippen molar-refractivity contribution < 1.29 is 0 Å². The molecule has 0 saturated carbocycles. The lowest BCUT2D eigenvalue weighted by Gasteiger charge is -2.22. The van der Waals surface area contributed by atoms with Crippen LogP contribution in [0.5, 0.6) is 0 Å². The molecule has 1 unspecified atom stereocenters. The predicted molar refractivity (Wildman–Crippen MR) is 89.6 cm³/mol. The third-order valence-electron chi connectivity index (χ3n) is 4.41. The van der Waals surface area contributed by atoms with Gasteiger partial charge in [0.1, 0.15) is 5.82 Å². The summed E-state index contributed by atoms with van der Waals surface area (Å²) in [5.74, 6) is 1.06. The fraction of sp³-hybridized carbons (Fsp3) is 0.500. The predicted octanol–water partition coefficient (Wildman–Crippen LogP) is 4.04. The Balaban J connectivity index is 1.93. The minimum absolute atomic E-state index is 0.690. The molecule has 1 aliphatic rings. The van der Waals surface area contributed by atoms with Crippen molar-refractivity contribution in [3.05, 3.63) is 35.9 Å². The second-order valence-electron chi connectivity index (χ2n) is 6.08. The molecular formula is C18H25N3. The SMILES string of the molecule is CCCNc1nc2ccccc2cc1CN1CCCC1C. The van der Waals surface area contributed by atoms with Crippen molar-refractivity contribution in [2.45, 2.75) is 45.7 Å². The van der Waals surface area contributed by atoms with Gasteiger partial charge in [0, 0.05) is 30.1 Å². The number of aromatic nitrogens is 1. The van der Waals surface area contributed by atoms with Crippen LogP contribution >= 0.6 is 0 Å². The molecule has 0 radical (unpaired) electrons. The normalized spacial score (nSPS) is 19.2. The molecule has 3 nitrogen and oxygen atoms in total. The molecule has 1 aromatic carbocycles. The summed E-state index contributed by atoms with van der Waals surface area (Å²) in [6.45, 7) is 7.72. The zero-order valence-electron chi connectivity index (χ0n) is 13.1. The second-order valence-corrected chi connectivity index (χ2v) is 6.08. The third kappa shape index (κ3) is 3.18. The van der Waals surface area contributed by atoms with Gasteiger partial charge >= 0.3 is 0 Å². The van der Waals surface area contributed by atoms with Gasteiger partial charge in [-0.15, -0.1) is 0 Å². The number of nitrogens with one attached hydrogen (secondary N) is 1. The van der Waals surface area contributed by atoms with Crippen molar-refractivity contribution in [3.63, 3.8) is 0 Å². The van der Waals surface area contributed by atoms with E-state index in [9.17, 15) is 0 Å². The Morgan fingerprint density at radius 3 is 2.95 bits per heavy atom. The van der Waals surface area contributed by atoms with Crippen LogP contribution in [0.3, 0.4) is 0 Å². The molecule has 21 heavy (non-hydrogen) atoms. The Labute approximate surface area is 127 Å². The number of hydrogen-bond donors (Lipinski definition) is 1. The molecule has 1 fully saturated rings. The quantitative estimate of drug-likeness (QED) is 0.897. The summed E-state index contributed by atoms with van der Waals surface area (Å²) in [6.07, 6.45) is 3.76. The van der Waals surface area contributed by atoms with Crippen molar-refractivity contribution in [1.82, 2.24) is 9.88 Å². The summed E-state index contributed by atoms with van der Waals surface area (Å²) >= 11 is 0. The molecule has 0 spiro atoms. The standard InChI is InChI=1S/C18H25N3/c1-3-10-19-18-16(13-21-11-6-7-14(21)2)12-15-8-4-5-9-17(15)20-18/h4-5,8-9,12,14H,3,6-7,10-11,13H2,1-2H3,(H,19,20). The number of likely N-dealkylation sites (tertiary alicyclic amines) is 1. The van der Waals surface area contributed by atoms with Gasteiger partial charge < -0.3 is 5.32 Å². The first-order chi connectivity index (χ1) is 10.3. The number of benzene rings is 1. The van der Waals surface area contributed by atoms with Crippen LogP contribution in [-0.2, 0) is 6.54 Å². The van der Waals surface area contributed by atoms with Gasteiger partial charge in [-0.05, 0) is 44.9 Å². The smallest absolute Gasteiger partial charge is 0.131 e. The van der Waals surface area contributed by atoms with E-state index < -0.39 is 0 Å². The fourth-order valence-electron chi connectivity index (χ4n) is 3.12. The molecule has 3 rings (SSSR count). The van der Waals surface area contributed by atoms with E-state index in [0.29, 0.717) is 6.04 Å². The van der Waals surface area contributed by atoms with E-state index in [1.165, 1.54) is 30.3 Å². The molecule has 1 atom stereocenters. The van der Waals surface area contributed by atoms with Crippen molar-refractivity contribution in [3.8, 4) is 0 Å². The molecule has 1 aromatic heterocycles. The summed E-state index contributed by atoms with van der Waals surface area (Å²) in [5.41, 5.74) is 2.41. The molecule has 3 heteroatoms. The van der Waals surface area contributed by atoms with E-state index in [1.54, 1.807) is 0 Å². The Morgan fingerprint density at radius 1 is 1.33 bits per heavy atom. The van der Waals surface area contributed by atoms with Gasteiger partial charge in [-0.3, -0.25) is 4.90 Å². The number of para-hydroxylation sites is 1. The molecule has 0 bridgehead atoms. The van der Waals surface area contributed by atoms with Crippen LogP contribution in [0.15, 0.2) is 30.3 Å². The monoisotopic (exact) mass is 283 g/mol. The molecular weight excluding hydrogens is 258 g/mol. The topological polar surface area (TPSA) is 28.2 Å². The van der Waals surface area contributed by atoms with Crippen molar-refractivity contribution >= 4 is 16.7 Å². The van der Waals surface area contributed by atoms with E-state index in [2.05, 4.69) is 54.4 Å². The first-order valence-electron chi connectivity index (χ1n) is 8.14. The fourth-order valence-corrected chi connectivity index (χ4v) is 3.12. The molecule has 112 valence electrons. The zero-order chi connectivity index (χ0) is 14.7. The van der Waals surface area contributed by atoms with Gasteiger partial charge in [-0.25, -0.2) is 4.98 Å². The van der Waals surface area contributed by atoms with Gasteiger partial charge in [-0.2, -0.15) is 0 Å². The summed E-state index contributed by atoms with van der Waals surface area (Å²) in [5, 5.41) is 4.74. The molecule has 0 amide bonds. The van der Waals surface area contributed by atoms with E-state index in [0.717, 1.165) is 30.8 Å². The lowest BCUT2D eigenvalue weighted by atomic mass is 10.1. The third-order valence-corrected chi connectivity index (χ3v) is 4.41. The van der Waals surface area contributed by atoms with Crippen LogP contribution in [0, 0.1) is 0 Å². The highest BCUT2D eigenvalue weighted by Gasteiger charge is 2.21. The number of hydrogen-bond acceptors (Lipinski definition) is 3. The summed E-state index contributed by atoms with van der Waals surface area (Å²) in [4.78, 5) is 7.41.